The van der Waals surface area contributed by atoms with Crippen LogP contribution in [0.2, 0.25) is 5.15 Å². The van der Waals surface area contributed by atoms with Crippen molar-refractivity contribution < 1.29 is 0 Å². The highest BCUT2D eigenvalue weighted by Gasteiger charge is 2.10. The van der Waals surface area contributed by atoms with E-state index in [9.17, 15) is 0 Å². The normalized spacial score (nSPS) is 11.8. The van der Waals surface area contributed by atoms with Crippen molar-refractivity contribution in [2.45, 2.75) is 6.92 Å². The van der Waals surface area contributed by atoms with Gasteiger partial charge in [-0.1, -0.05) is 22.9 Å². The van der Waals surface area contributed by atoms with Crippen LogP contribution in [0, 0.1) is 6.92 Å². The van der Waals surface area contributed by atoms with Crippen molar-refractivity contribution in [1.29, 1.82) is 0 Å². The van der Waals surface area contributed by atoms with E-state index < -0.39 is 0 Å². The Bertz CT molecular complexity index is 915. The number of hydrogen-bond donors (Lipinski definition) is 0. The molecule has 0 amide bonds. The molecule has 0 unspecified atom stereocenters. The fourth-order valence-corrected chi connectivity index (χ4v) is 3.66. The van der Waals surface area contributed by atoms with Crippen LogP contribution >= 0.6 is 22.9 Å². The van der Waals surface area contributed by atoms with E-state index in [2.05, 4.69) is 35.3 Å². The van der Waals surface area contributed by atoms with Gasteiger partial charge in [-0.15, -0.1) is 0 Å². The fourth-order valence-electron chi connectivity index (χ4n) is 2.47. The van der Waals surface area contributed by atoms with Gasteiger partial charge in [0.2, 0.25) is 0 Å². The Morgan fingerprint density at radius 1 is 1.20 bits per heavy atom. The van der Waals surface area contributed by atoms with Gasteiger partial charge in [-0.05, 0) is 30.2 Å². The van der Waals surface area contributed by atoms with Crippen LogP contribution in [0.25, 0.3) is 26.3 Å². The molecule has 4 rings (SSSR count). The van der Waals surface area contributed by atoms with E-state index >= 15 is 0 Å². The lowest BCUT2D eigenvalue weighted by atomic mass is 10.1. The predicted molar refractivity (Wildman–Crippen MR) is 82.5 cm³/mol. The van der Waals surface area contributed by atoms with Gasteiger partial charge in [0.05, 0.1) is 10.4 Å². The molecule has 3 heterocycles. The minimum absolute atomic E-state index is 0.529. The van der Waals surface area contributed by atoms with Crippen molar-refractivity contribution in [3.05, 3.63) is 41.4 Å². The average molecular weight is 303 g/mol. The predicted octanol–water partition coefficient (Wildman–Crippen LogP) is 3.91. The zero-order chi connectivity index (χ0) is 13.9. The number of nitrogens with zero attached hydrogens (tertiary/aromatic N) is 4. The van der Waals surface area contributed by atoms with Crippen LogP contribution in [-0.4, -0.2) is 19.2 Å². The van der Waals surface area contributed by atoms with E-state index in [1.807, 2.05) is 28.5 Å². The monoisotopic (exact) mass is 302 g/mol. The second kappa shape index (κ2) is 4.07. The number of benzene rings is 1. The first-order valence-corrected chi connectivity index (χ1v) is 7.38. The van der Waals surface area contributed by atoms with E-state index in [0.29, 0.717) is 5.15 Å². The molecule has 4 nitrogen and oxygen atoms in total. The van der Waals surface area contributed by atoms with Crippen molar-refractivity contribution in [2.75, 3.05) is 0 Å². The SMILES string of the molecule is Cc1cc(-c2cn3cc(Cl)nc3s2)cc2cn(C)nc12. The van der Waals surface area contributed by atoms with Crippen molar-refractivity contribution in [2.24, 2.45) is 7.05 Å². The number of rotatable bonds is 1. The van der Waals surface area contributed by atoms with Gasteiger partial charge in [0.1, 0.15) is 5.15 Å². The maximum Gasteiger partial charge on any atom is 0.195 e. The first-order valence-electron chi connectivity index (χ1n) is 6.18. The third kappa shape index (κ3) is 1.74. The summed E-state index contributed by atoms with van der Waals surface area (Å²) in [5.74, 6) is 0. The molecule has 0 aliphatic rings. The summed E-state index contributed by atoms with van der Waals surface area (Å²) in [7, 11) is 1.94. The first kappa shape index (κ1) is 11.9. The summed E-state index contributed by atoms with van der Waals surface area (Å²) in [6.07, 6.45) is 5.93. The summed E-state index contributed by atoms with van der Waals surface area (Å²) in [6.45, 7) is 2.09. The molecule has 3 aromatic heterocycles. The molecule has 0 saturated carbocycles. The number of thiazole rings is 1. The number of hydrogen-bond acceptors (Lipinski definition) is 3. The molecular weight excluding hydrogens is 292 g/mol. The molecule has 6 heteroatoms. The Labute approximate surface area is 124 Å². The highest BCUT2D eigenvalue weighted by molar-refractivity contribution is 7.20. The summed E-state index contributed by atoms with van der Waals surface area (Å²) in [5.41, 5.74) is 3.43. The van der Waals surface area contributed by atoms with Crippen molar-refractivity contribution in [3.63, 3.8) is 0 Å². The van der Waals surface area contributed by atoms with Crippen molar-refractivity contribution in [3.8, 4) is 10.4 Å². The lowest BCUT2D eigenvalue weighted by Gasteiger charge is -2.00. The Kier molecular flexibility index (Phi) is 2.43. The van der Waals surface area contributed by atoms with Gasteiger partial charge in [0.15, 0.2) is 4.96 Å². The van der Waals surface area contributed by atoms with E-state index in [4.69, 9.17) is 11.6 Å². The topological polar surface area (TPSA) is 35.1 Å². The number of halogens is 1. The summed E-state index contributed by atoms with van der Waals surface area (Å²) in [4.78, 5) is 6.37. The fraction of sp³-hybridized carbons (Fsp3) is 0.143. The quantitative estimate of drug-likeness (QED) is 0.534. The van der Waals surface area contributed by atoms with Gasteiger partial charge < -0.3 is 0 Å². The molecule has 0 N–H and O–H groups in total. The molecule has 0 spiro atoms. The zero-order valence-corrected chi connectivity index (χ0v) is 12.5. The van der Waals surface area contributed by atoms with E-state index in [1.165, 1.54) is 16.0 Å². The average Bonchev–Trinajstić information content (AvgIpc) is 3.00. The van der Waals surface area contributed by atoms with Crippen molar-refractivity contribution in [1.82, 2.24) is 19.2 Å². The van der Waals surface area contributed by atoms with E-state index in [0.717, 1.165) is 15.9 Å². The Morgan fingerprint density at radius 2 is 2.05 bits per heavy atom. The molecule has 4 aromatic rings. The second-order valence-electron chi connectivity index (χ2n) is 4.88. The van der Waals surface area contributed by atoms with Crippen molar-refractivity contribution >= 4 is 38.8 Å². The zero-order valence-electron chi connectivity index (χ0n) is 11.0. The molecular formula is C14H11ClN4S. The molecule has 0 atom stereocenters. The highest BCUT2D eigenvalue weighted by Crippen LogP contribution is 2.32. The van der Waals surface area contributed by atoms with Crippen LogP contribution in [0.4, 0.5) is 0 Å². The molecule has 0 bridgehead atoms. The Morgan fingerprint density at radius 3 is 2.85 bits per heavy atom. The van der Waals surface area contributed by atoms with Gasteiger partial charge in [-0.2, -0.15) is 5.10 Å². The third-order valence-corrected chi connectivity index (χ3v) is 4.55. The standard InChI is InChI=1S/C14H11ClN4S/c1-8-3-9(4-10-5-18(2)17-13(8)10)11-6-19-7-12(15)16-14(19)20-11/h3-7H,1-2H3. The second-order valence-corrected chi connectivity index (χ2v) is 6.28. The van der Waals surface area contributed by atoms with Crippen LogP contribution in [0.3, 0.4) is 0 Å². The lowest BCUT2D eigenvalue weighted by molar-refractivity contribution is 0.779. The lowest BCUT2D eigenvalue weighted by Crippen LogP contribution is -1.86. The molecule has 0 aliphatic carbocycles. The van der Waals surface area contributed by atoms with E-state index in [1.54, 1.807) is 11.3 Å². The minimum Gasteiger partial charge on any atom is -0.295 e. The molecule has 0 fully saturated rings. The summed E-state index contributed by atoms with van der Waals surface area (Å²) < 4.78 is 3.81. The maximum absolute atomic E-state index is 5.89. The number of aromatic nitrogens is 4. The van der Waals surface area contributed by atoms with Crippen LogP contribution in [0.5, 0.6) is 0 Å². The molecule has 0 saturated heterocycles. The van der Waals surface area contributed by atoms with E-state index in [-0.39, 0.29) is 0 Å². The van der Waals surface area contributed by atoms with Crippen LogP contribution in [-0.2, 0) is 7.05 Å². The largest absolute Gasteiger partial charge is 0.295 e. The van der Waals surface area contributed by atoms with Crippen LogP contribution < -0.4 is 0 Å². The Hall–Kier alpha value is -1.85. The smallest absolute Gasteiger partial charge is 0.195 e. The molecule has 1 aromatic carbocycles. The molecule has 20 heavy (non-hydrogen) atoms. The maximum atomic E-state index is 5.89. The number of imidazole rings is 1. The first-order chi connectivity index (χ1) is 9.60. The summed E-state index contributed by atoms with van der Waals surface area (Å²) in [5, 5.41) is 6.17. The van der Waals surface area contributed by atoms with Crippen LogP contribution in [0.1, 0.15) is 5.56 Å². The van der Waals surface area contributed by atoms with Gasteiger partial charge in [-0.25, -0.2) is 4.98 Å². The third-order valence-electron chi connectivity index (χ3n) is 3.32. The summed E-state index contributed by atoms with van der Waals surface area (Å²) >= 11 is 7.53. The molecule has 100 valence electrons. The molecule has 0 aliphatic heterocycles. The van der Waals surface area contributed by atoms with Gasteiger partial charge in [0, 0.05) is 31.0 Å². The van der Waals surface area contributed by atoms with Gasteiger partial charge in [0.25, 0.3) is 0 Å². The minimum atomic E-state index is 0.529. The van der Waals surface area contributed by atoms with Gasteiger partial charge >= 0.3 is 0 Å². The number of aryl methyl sites for hydroxylation is 2. The number of fused-ring (bicyclic) bond motifs is 2. The Balaban J connectivity index is 1.93. The van der Waals surface area contributed by atoms with Gasteiger partial charge in [-0.3, -0.25) is 9.08 Å². The molecule has 0 radical (unpaired) electrons. The van der Waals surface area contributed by atoms with Crippen LogP contribution in [0.15, 0.2) is 30.7 Å². The summed E-state index contributed by atoms with van der Waals surface area (Å²) in [6, 6.07) is 4.34. The highest BCUT2D eigenvalue weighted by atomic mass is 35.5.